The number of hydrogen-bond donors (Lipinski definition) is 1. The molecule has 4 aliphatic carbocycles. The smallest absolute Gasteiger partial charge is 0.0192 e. The van der Waals surface area contributed by atoms with E-state index in [0.29, 0.717) is 11.0 Å². The number of aryl methyl sites for hydroxylation is 2. The van der Waals surface area contributed by atoms with Crippen molar-refractivity contribution in [1.29, 1.82) is 0 Å². The van der Waals surface area contributed by atoms with Crippen molar-refractivity contribution in [2.45, 2.75) is 63.3 Å². The summed E-state index contributed by atoms with van der Waals surface area (Å²) in [5.74, 6) is 1.92. The van der Waals surface area contributed by atoms with Crippen LogP contribution < -0.4 is 5.32 Å². The van der Waals surface area contributed by atoms with Gasteiger partial charge in [-0.2, -0.15) is 0 Å². The van der Waals surface area contributed by atoms with Crippen LogP contribution in [0.15, 0.2) is 18.2 Å². The van der Waals surface area contributed by atoms with Crippen LogP contribution in [-0.2, 0) is 5.41 Å². The number of benzene rings is 1. The molecule has 4 aliphatic rings. The normalized spacial score (nSPS) is 42.1. The van der Waals surface area contributed by atoms with Crippen molar-refractivity contribution in [2.75, 3.05) is 7.05 Å². The molecule has 1 aromatic carbocycles. The summed E-state index contributed by atoms with van der Waals surface area (Å²) in [6.45, 7) is 4.54. The first-order valence-electron chi connectivity index (χ1n) is 8.31. The lowest BCUT2D eigenvalue weighted by Crippen LogP contribution is -2.62. The first kappa shape index (κ1) is 12.9. The minimum atomic E-state index is 0.446. The fourth-order valence-corrected chi connectivity index (χ4v) is 6.28. The predicted molar refractivity (Wildman–Crippen MR) is 84.1 cm³/mol. The summed E-state index contributed by atoms with van der Waals surface area (Å²) in [6.07, 6.45) is 8.59. The predicted octanol–water partition coefficient (Wildman–Crippen LogP) is 4.11. The van der Waals surface area contributed by atoms with Gasteiger partial charge in [0.05, 0.1) is 0 Å². The van der Waals surface area contributed by atoms with Crippen LogP contribution in [0.25, 0.3) is 0 Å². The topological polar surface area (TPSA) is 12.0 Å². The molecular formula is C19H27N. The van der Waals surface area contributed by atoms with Gasteiger partial charge in [0.2, 0.25) is 0 Å². The van der Waals surface area contributed by atoms with Crippen molar-refractivity contribution in [3.05, 3.63) is 34.9 Å². The molecule has 0 amide bonds. The summed E-state index contributed by atoms with van der Waals surface area (Å²) in [5.41, 5.74) is 5.51. The van der Waals surface area contributed by atoms with Gasteiger partial charge in [-0.15, -0.1) is 0 Å². The highest BCUT2D eigenvalue weighted by Crippen LogP contribution is 2.62. The fraction of sp³-hybridized carbons (Fsp3) is 0.684. The molecule has 0 heterocycles. The Morgan fingerprint density at radius 2 is 1.75 bits per heavy atom. The maximum Gasteiger partial charge on any atom is 0.0192 e. The van der Waals surface area contributed by atoms with Gasteiger partial charge >= 0.3 is 0 Å². The molecule has 0 aromatic heterocycles. The zero-order valence-electron chi connectivity index (χ0n) is 13.1. The Hall–Kier alpha value is -0.820. The third kappa shape index (κ3) is 1.72. The van der Waals surface area contributed by atoms with E-state index in [1.54, 1.807) is 5.56 Å². The van der Waals surface area contributed by atoms with Crippen LogP contribution in [-0.4, -0.2) is 12.6 Å². The van der Waals surface area contributed by atoms with Gasteiger partial charge in [-0.25, -0.2) is 0 Å². The lowest BCUT2D eigenvalue weighted by molar-refractivity contribution is -0.0376. The Labute approximate surface area is 123 Å². The molecule has 4 fully saturated rings. The SMILES string of the molecule is CNC12CC3CC(C1)CC(c1ccc(C)cc1C)(C3)C2. The third-order valence-electron chi connectivity index (χ3n) is 6.54. The Bertz CT molecular complexity index is 531. The molecule has 20 heavy (non-hydrogen) atoms. The van der Waals surface area contributed by atoms with Crippen molar-refractivity contribution in [3.63, 3.8) is 0 Å². The Kier molecular flexibility index (Phi) is 2.64. The van der Waals surface area contributed by atoms with Gasteiger partial charge in [-0.05, 0) is 87.8 Å². The van der Waals surface area contributed by atoms with Crippen LogP contribution in [0.5, 0.6) is 0 Å². The summed E-state index contributed by atoms with van der Waals surface area (Å²) in [6, 6.07) is 7.16. The van der Waals surface area contributed by atoms with E-state index in [9.17, 15) is 0 Å². The highest BCUT2D eigenvalue weighted by Gasteiger charge is 2.57. The summed E-state index contributed by atoms with van der Waals surface area (Å²) in [7, 11) is 2.20. The van der Waals surface area contributed by atoms with E-state index in [1.165, 1.54) is 49.7 Å². The first-order chi connectivity index (χ1) is 9.54. The van der Waals surface area contributed by atoms with Gasteiger partial charge in [0, 0.05) is 5.54 Å². The molecule has 5 rings (SSSR count). The number of rotatable bonds is 2. The molecule has 108 valence electrons. The molecule has 1 N–H and O–H groups in total. The van der Waals surface area contributed by atoms with E-state index in [4.69, 9.17) is 0 Å². The van der Waals surface area contributed by atoms with E-state index < -0.39 is 0 Å². The first-order valence-corrected chi connectivity index (χ1v) is 8.31. The molecule has 0 aliphatic heterocycles. The summed E-state index contributed by atoms with van der Waals surface area (Å²) < 4.78 is 0. The van der Waals surface area contributed by atoms with Gasteiger partial charge in [0.25, 0.3) is 0 Å². The van der Waals surface area contributed by atoms with Gasteiger partial charge < -0.3 is 5.32 Å². The molecule has 4 saturated carbocycles. The van der Waals surface area contributed by atoms with E-state index in [0.717, 1.165) is 11.8 Å². The maximum atomic E-state index is 3.73. The standard InChI is InChI=1S/C19H27N/c1-13-4-5-17(14(2)6-13)18-8-15-7-16(9-18)11-19(10-15,12-18)20-3/h4-6,15-16,20H,7-12H2,1-3H3. The molecule has 1 heteroatoms. The van der Waals surface area contributed by atoms with Crippen molar-refractivity contribution < 1.29 is 0 Å². The summed E-state index contributed by atoms with van der Waals surface area (Å²) in [4.78, 5) is 0. The third-order valence-corrected chi connectivity index (χ3v) is 6.54. The second-order valence-corrected chi connectivity index (χ2v) is 8.09. The largest absolute Gasteiger partial charge is 0.314 e. The molecule has 0 saturated heterocycles. The van der Waals surface area contributed by atoms with E-state index in [1.807, 2.05) is 0 Å². The fourth-order valence-electron chi connectivity index (χ4n) is 6.28. The Balaban J connectivity index is 1.80. The zero-order chi connectivity index (χ0) is 14.0. The molecule has 1 aromatic rings. The Morgan fingerprint density at radius 3 is 2.35 bits per heavy atom. The summed E-state index contributed by atoms with van der Waals surface area (Å²) in [5, 5.41) is 3.73. The monoisotopic (exact) mass is 269 g/mol. The van der Waals surface area contributed by atoms with Crippen LogP contribution in [0.2, 0.25) is 0 Å². The minimum absolute atomic E-state index is 0.446. The van der Waals surface area contributed by atoms with Crippen molar-refractivity contribution >= 4 is 0 Å². The highest BCUT2D eigenvalue weighted by atomic mass is 15.0. The van der Waals surface area contributed by atoms with Crippen molar-refractivity contribution in [2.24, 2.45) is 11.8 Å². The molecule has 4 bridgehead atoms. The van der Waals surface area contributed by atoms with Gasteiger partial charge in [-0.1, -0.05) is 23.8 Å². The van der Waals surface area contributed by atoms with Gasteiger partial charge in [0.15, 0.2) is 0 Å². The number of hydrogen-bond acceptors (Lipinski definition) is 1. The van der Waals surface area contributed by atoms with Crippen molar-refractivity contribution in [3.8, 4) is 0 Å². The lowest BCUT2D eigenvalue weighted by Gasteiger charge is -2.62. The van der Waals surface area contributed by atoms with E-state index >= 15 is 0 Å². The van der Waals surface area contributed by atoms with E-state index in [2.05, 4.69) is 44.4 Å². The molecule has 1 nitrogen and oxygen atoms in total. The second kappa shape index (κ2) is 4.10. The summed E-state index contributed by atoms with van der Waals surface area (Å²) >= 11 is 0. The molecule has 2 unspecified atom stereocenters. The maximum absolute atomic E-state index is 3.73. The second-order valence-electron chi connectivity index (χ2n) is 8.09. The van der Waals surface area contributed by atoms with Crippen LogP contribution in [0, 0.1) is 25.7 Å². The highest BCUT2D eigenvalue weighted by molar-refractivity contribution is 5.39. The zero-order valence-corrected chi connectivity index (χ0v) is 13.1. The average molecular weight is 269 g/mol. The van der Waals surface area contributed by atoms with E-state index in [-0.39, 0.29) is 0 Å². The quantitative estimate of drug-likeness (QED) is 0.852. The molecule has 0 spiro atoms. The van der Waals surface area contributed by atoms with Crippen LogP contribution in [0.1, 0.15) is 55.2 Å². The van der Waals surface area contributed by atoms with Gasteiger partial charge in [-0.3, -0.25) is 0 Å². The number of nitrogens with one attached hydrogen (secondary N) is 1. The van der Waals surface area contributed by atoms with Crippen LogP contribution >= 0.6 is 0 Å². The average Bonchev–Trinajstić information content (AvgIpc) is 2.36. The minimum Gasteiger partial charge on any atom is -0.314 e. The van der Waals surface area contributed by atoms with Crippen LogP contribution in [0.3, 0.4) is 0 Å². The van der Waals surface area contributed by atoms with Crippen molar-refractivity contribution in [1.82, 2.24) is 5.32 Å². The molecule has 2 atom stereocenters. The van der Waals surface area contributed by atoms with Gasteiger partial charge in [0.1, 0.15) is 0 Å². The Morgan fingerprint density at radius 1 is 1.05 bits per heavy atom. The molecular weight excluding hydrogens is 242 g/mol. The molecule has 0 radical (unpaired) electrons. The lowest BCUT2D eigenvalue weighted by atomic mass is 9.45. The van der Waals surface area contributed by atoms with Crippen LogP contribution in [0.4, 0.5) is 0 Å².